The van der Waals surface area contributed by atoms with Crippen molar-refractivity contribution in [3.05, 3.63) is 12.2 Å². The molecule has 0 radical (unpaired) electrons. The second-order valence-corrected chi connectivity index (χ2v) is 5.31. The van der Waals surface area contributed by atoms with Crippen LogP contribution >= 0.6 is 0 Å². The van der Waals surface area contributed by atoms with Crippen molar-refractivity contribution < 1.29 is 0 Å². The van der Waals surface area contributed by atoms with E-state index in [0.717, 1.165) is 43.7 Å². The molecule has 4 heteroatoms. The summed E-state index contributed by atoms with van der Waals surface area (Å²) >= 11 is 0. The van der Waals surface area contributed by atoms with Crippen LogP contribution in [-0.2, 0) is 13.0 Å². The molecule has 0 amide bonds. The standard InChI is InChI=1S/C14H26N4/c1-3-15-10-13(12-7-5-6-8-12)9-14-16-11-17-18(14)4-2/h11-13,15H,3-10H2,1-2H3. The van der Waals surface area contributed by atoms with Gasteiger partial charge in [-0.2, -0.15) is 5.10 Å². The van der Waals surface area contributed by atoms with Gasteiger partial charge in [0.25, 0.3) is 0 Å². The summed E-state index contributed by atoms with van der Waals surface area (Å²) in [6.07, 6.45) is 8.39. The first-order chi connectivity index (χ1) is 8.85. The minimum atomic E-state index is 0.724. The lowest BCUT2D eigenvalue weighted by molar-refractivity contribution is 0.314. The van der Waals surface area contributed by atoms with Gasteiger partial charge in [-0.3, -0.25) is 4.68 Å². The highest BCUT2D eigenvalue weighted by Gasteiger charge is 2.26. The lowest BCUT2D eigenvalue weighted by Gasteiger charge is -2.23. The maximum atomic E-state index is 4.43. The summed E-state index contributed by atoms with van der Waals surface area (Å²) in [5, 5.41) is 7.80. The van der Waals surface area contributed by atoms with Crippen molar-refractivity contribution >= 4 is 0 Å². The molecular weight excluding hydrogens is 224 g/mol. The summed E-state index contributed by atoms with van der Waals surface area (Å²) in [7, 11) is 0. The van der Waals surface area contributed by atoms with Crippen LogP contribution in [0, 0.1) is 11.8 Å². The number of nitrogens with one attached hydrogen (secondary N) is 1. The Morgan fingerprint density at radius 3 is 2.83 bits per heavy atom. The van der Waals surface area contributed by atoms with E-state index in [1.54, 1.807) is 6.33 Å². The van der Waals surface area contributed by atoms with E-state index >= 15 is 0 Å². The van der Waals surface area contributed by atoms with Gasteiger partial charge in [0.05, 0.1) is 0 Å². The van der Waals surface area contributed by atoms with Crippen molar-refractivity contribution in [2.45, 2.75) is 52.5 Å². The predicted octanol–water partition coefficient (Wildman–Crippen LogP) is 2.26. The van der Waals surface area contributed by atoms with Crippen LogP contribution in [0.4, 0.5) is 0 Å². The molecule has 0 bridgehead atoms. The number of aromatic nitrogens is 3. The lowest BCUT2D eigenvalue weighted by Crippen LogP contribution is -2.29. The third kappa shape index (κ3) is 3.31. The van der Waals surface area contributed by atoms with Crippen LogP contribution in [0.5, 0.6) is 0 Å². The Balaban J connectivity index is 1.99. The first kappa shape index (κ1) is 13.5. The van der Waals surface area contributed by atoms with Gasteiger partial charge in [-0.1, -0.05) is 32.6 Å². The molecule has 1 aliphatic rings. The Morgan fingerprint density at radius 1 is 1.39 bits per heavy atom. The summed E-state index contributed by atoms with van der Waals surface area (Å²) in [5.74, 6) is 2.76. The number of hydrogen-bond acceptors (Lipinski definition) is 3. The van der Waals surface area contributed by atoms with Gasteiger partial charge >= 0.3 is 0 Å². The van der Waals surface area contributed by atoms with Gasteiger partial charge in [0.1, 0.15) is 12.2 Å². The van der Waals surface area contributed by atoms with E-state index in [0.29, 0.717) is 0 Å². The Bertz CT molecular complexity index is 341. The van der Waals surface area contributed by atoms with Gasteiger partial charge in [-0.05, 0) is 31.8 Å². The minimum Gasteiger partial charge on any atom is -0.317 e. The molecule has 0 aliphatic heterocycles. The van der Waals surface area contributed by atoms with Crippen molar-refractivity contribution in [1.29, 1.82) is 0 Å². The predicted molar refractivity (Wildman–Crippen MR) is 73.4 cm³/mol. The molecule has 1 aromatic rings. The van der Waals surface area contributed by atoms with Crippen LogP contribution in [0.2, 0.25) is 0 Å². The Hall–Kier alpha value is -0.900. The van der Waals surface area contributed by atoms with Crippen LogP contribution in [-0.4, -0.2) is 27.9 Å². The topological polar surface area (TPSA) is 42.7 Å². The molecule has 0 saturated heterocycles. The van der Waals surface area contributed by atoms with E-state index in [-0.39, 0.29) is 0 Å². The zero-order valence-corrected chi connectivity index (χ0v) is 11.7. The molecule has 1 fully saturated rings. The molecule has 0 aromatic carbocycles. The largest absolute Gasteiger partial charge is 0.317 e. The fourth-order valence-corrected chi connectivity index (χ4v) is 3.11. The van der Waals surface area contributed by atoms with Gasteiger partial charge < -0.3 is 5.32 Å². The number of aryl methyl sites for hydroxylation is 1. The maximum Gasteiger partial charge on any atom is 0.138 e. The summed E-state index contributed by atoms with van der Waals surface area (Å²) < 4.78 is 2.04. The van der Waals surface area contributed by atoms with E-state index in [1.807, 2.05) is 4.68 Å². The normalized spacial score (nSPS) is 18.3. The molecule has 1 unspecified atom stereocenters. The molecule has 102 valence electrons. The molecular formula is C14H26N4. The van der Waals surface area contributed by atoms with Gasteiger partial charge in [-0.15, -0.1) is 0 Å². The first-order valence-corrected chi connectivity index (χ1v) is 7.42. The molecule has 1 aliphatic carbocycles. The van der Waals surface area contributed by atoms with Gasteiger partial charge in [0.2, 0.25) is 0 Å². The highest BCUT2D eigenvalue weighted by atomic mass is 15.3. The SMILES string of the molecule is CCNCC(Cc1ncnn1CC)C1CCCC1. The summed E-state index contributed by atoms with van der Waals surface area (Å²) in [5.41, 5.74) is 0. The summed E-state index contributed by atoms with van der Waals surface area (Å²) in [6.45, 7) is 7.42. The fourth-order valence-electron chi connectivity index (χ4n) is 3.11. The van der Waals surface area contributed by atoms with Gasteiger partial charge in [-0.25, -0.2) is 4.98 Å². The first-order valence-electron chi connectivity index (χ1n) is 7.42. The molecule has 0 spiro atoms. The quantitative estimate of drug-likeness (QED) is 0.807. The van der Waals surface area contributed by atoms with Gasteiger partial charge in [0.15, 0.2) is 0 Å². The molecule has 1 heterocycles. The van der Waals surface area contributed by atoms with E-state index in [2.05, 4.69) is 29.2 Å². The van der Waals surface area contributed by atoms with Crippen LogP contribution in [0.15, 0.2) is 6.33 Å². The van der Waals surface area contributed by atoms with E-state index in [4.69, 9.17) is 0 Å². The van der Waals surface area contributed by atoms with Gasteiger partial charge in [0, 0.05) is 13.0 Å². The number of nitrogens with zero attached hydrogens (tertiary/aromatic N) is 3. The average molecular weight is 250 g/mol. The molecule has 1 saturated carbocycles. The second kappa shape index (κ2) is 6.88. The second-order valence-electron chi connectivity index (χ2n) is 5.31. The highest BCUT2D eigenvalue weighted by Crippen LogP contribution is 2.32. The van der Waals surface area contributed by atoms with Crippen LogP contribution in [0.1, 0.15) is 45.4 Å². The summed E-state index contributed by atoms with van der Waals surface area (Å²) in [4.78, 5) is 4.43. The minimum absolute atomic E-state index is 0.724. The molecule has 4 nitrogen and oxygen atoms in total. The third-order valence-corrected chi connectivity index (χ3v) is 4.16. The van der Waals surface area contributed by atoms with Crippen LogP contribution < -0.4 is 5.32 Å². The number of rotatable bonds is 7. The lowest BCUT2D eigenvalue weighted by atomic mass is 9.87. The van der Waals surface area contributed by atoms with Crippen molar-refractivity contribution in [3.63, 3.8) is 0 Å². The van der Waals surface area contributed by atoms with E-state index in [1.165, 1.54) is 25.7 Å². The van der Waals surface area contributed by atoms with Crippen molar-refractivity contribution in [3.8, 4) is 0 Å². The zero-order valence-electron chi connectivity index (χ0n) is 11.7. The van der Waals surface area contributed by atoms with E-state index < -0.39 is 0 Å². The molecule has 1 atom stereocenters. The number of hydrogen-bond donors (Lipinski definition) is 1. The van der Waals surface area contributed by atoms with Crippen molar-refractivity contribution in [2.24, 2.45) is 11.8 Å². The van der Waals surface area contributed by atoms with Crippen LogP contribution in [0.3, 0.4) is 0 Å². The Labute approximate surface area is 110 Å². The maximum absolute atomic E-state index is 4.43. The summed E-state index contributed by atoms with van der Waals surface area (Å²) in [6, 6.07) is 0. The third-order valence-electron chi connectivity index (χ3n) is 4.16. The molecule has 18 heavy (non-hydrogen) atoms. The molecule has 2 rings (SSSR count). The molecule has 1 aromatic heterocycles. The van der Waals surface area contributed by atoms with Crippen molar-refractivity contribution in [2.75, 3.05) is 13.1 Å². The zero-order chi connectivity index (χ0) is 12.8. The molecule has 1 N–H and O–H groups in total. The Morgan fingerprint density at radius 2 is 2.17 bits per heavy atom. The highest BCUT2D eigenvalue weighted by molar-refractivity contribution is 4.91. The fraction of sp³-hybridized carbons (Fsp3) is 0.857. The smallest absolute Gasteiger partial charge is 0.138 e. The average Bonchev–Trinajstić information content (AvgIpc) is 3.04. The monoisotopic (exact) mass is 250 g/mol. The van der Waals surface area contributed by atoms with Crippen molar-refractivity contribution in [1.82, 2.24) is 20.1 Å². The Kier molecular flexibility index (Phi) is 5.17. The van der Waals surface area contributed by atoms with E-state index in [9.17, 15) is 0 Å². The van der Waals surface area contributed by atoms with Crippen LogP contribution in [0.25, 0.3) is 0 Å².